The van der Waals surface area contributed by atoms with E-state index in [1.165, 1.54) is 0 Å². The molecule has 2 heterocycles. The number of nitrogens with zero attached hydrogens (tertiary/aromatic N) is 2. The average Bonchev–Trinajstić information content (AvgIpc) is 2.23. The zero-order valence-electron chi connectivity index (χ0n) is 7.81. The number of aryl methyl sites for hydroxylation is 1. The maximum Gasteiger partial charge on any atom is 0.141 e. The highest BCUT2D eigenvalue weighted by molar-refractivity contribution is 5.64. The molecule has 2 aromatic heterocycles. The van der Waals surface area contributed by atoms with Gasteiger partial charge in [-0.25, -0.2) is 4.98 Å². The van der Waals surface area contributed by atoms with E-state index < -0.39 is 0 Å². The monoisotopic (exact) mass is 186 g/mol. The first-order valence-corrected chi connectivity index (χ1v) is 4.34. The van der Waals surface area contributed by atoms with Crippen LogP contribution in [-0.2, 0) is 0 Å². The van der Waals surface area contributed by atoms with Crippen LogP contribution in [0.5, 0.6) is 5.75 Å². The molecule has 0 bridgehead atoms. The molecule has 0 saturated carbocycles. The van der Waals surface area contributed by atoms with Gasteiger partial charge < -0.3 is 5.11 Å². The number of hydrogen-bond acceptors (Lipinski definition) is 3. The van der Waals surface area contributed by atoms with E-state index in [1.807, 2.05) is 19.1 Å². The van der Waals surface area contributed by atoms with E-state index in [2.05, 4.69) is 9.97 Å². The molecule has 0 radical (unpaired) electrons. The van der Waals surface area contributed by atoms with Crippen LogP contribution in [-0.4, -0.2) is 15.1 Å². The van der Waals surface area contributed by atoms with Gasteiger partial charge in [-0.05, 0) is 31.2 Å². The third-order valence-electron chi connectivity index (χ3n) is 1.95. The molecule has 70 valence electrons. The molecule has 0 aliphatic rings. The van der Waals surface area contributed by atoms with Crippen LogP contribution in [0.4, 0.5) is 0 Å². The lowest BCUT2D eigenvalue weighted by Gasteiger charge is -2.03. The minimum Gasteiger partial charge on any atom is -0.506 e. The first kappa shape index (κ1) is 8.69. The van der Waals surface area contributed by atoms with Crippen LogP contribution in [0, 0.1) is 6.92 Å². The van der Waals surface area contributed by atoms with Crippen LogP contribution in [0.2, 0.25) is 0 Å². The summed E-state index contributed by atoms with van der Waals surface area (Å²) in [4.78, 5) is 8.23. The van der Waals surface area contributed by atoms with Gasteiger partial charge in [-0.2, -0.15) is 0 Å². The molecule has 3 nitrogen and oxygen atoms in total. The summed E-state index contributed by atoms with van der Waals surface area (Å²) < 4.78 is 0. The highest BCUT2D eigenvalue weighted by Crippen LogP contribution is 2.25. The Morgan fingerprint density at radius 2 is 2.07 bits per heavy atom. The van der Waals surface area contributed by atoms with Gasteiger partial charge in [0.05, 0.1) is 0 Å². The maximum absolute atomic E-state index is 9.60. The molecule has 0 atom stereocenters. The molecule has 3 heteroatoms. The molecule has 0 aliphatic heterocycles. The lowest BCUT2D eigenvalue weighted by molar-refractivity contribution is 0.474. The van der Waals surface area contributed by atoms with Gasteiger partial charge in [0.2, 0.25) is 0 Å². The molecule has 0 aromatic carbocycles. The molecule has 1 N–H and O–H groups in total. The van der Waals surface area contributed by atoms with Gasteiger partial charge in [0.25, 0.3) is 0 Å². The second-order valence-electron chi connectivity index (χ2n) is 3.06. The Kier molecular flexibility index (Phi) is 2.14. The van der Waals surface area contributed by atoms with Crippen molar-refractivity contribution in [2.75, 3.05) is 0 Å². The summed E-state index contributed by atoms with van der Waals surface area (Å²) in [6, 6.07) is 7.10. The Morgan fingerprint density at radius 1 is 1.21 bits per heavy atom. The van der Waals surface area contributed by atoms with Crippen LogP contribution in [0.15, 0.2) is 36.7 Å². The summed E-state index contributed by atoms with van der Waals surface area (Å²) in [5, 5.41) is 9.60. The van der Waals surface area contributed by atoms with E-state index in [9.17, 15) is 5.11 Å². The lowest BCUT2D eigenvalue weighted by Crippen LogP contribution is -1.87. The van der Waals surface area contributed by atoms with Crippen LogP contribution >= 0.6 is 0 Å². The van der Waals surface area contributed by atoms with Crippen molar-refractivity contribution in [2.24, 2.45) is 0 Å². The molecule has 0 amide bonds. The molecule has 0 unspecified atom stereocenters. The van der Waals surface area contributed by atoms with Crippen molar-refractivity contribution in [1.82, 2.24) is 9.97 Å². The average molecular weight is 186 g/mol. The van der Waals surface area contributed by atoms with E-state index in [0.717, 1.165) is 11.3 Å². The normalized spacial score (nSPS) is 10.1. The molecule has 0 saturated heterocycles. The van der Waals surface area contributed by atoms with Crippen molar-refractivity contribution < 1.29 is 5.11 Å². The summed E-state index contributed by atoms with van der Waals surface area (Å²) in [7, 11) is 0. The van der Waals surface area contributed by atoms with Crippen LogP contribution < -0.4 is 0 Å². The van der Waals surface area contributed by atoms with Crippen molar-refractivity contribution in [1.29, 1.82) is 0 Å². The number of aromatic nitrogens is 2. The van der Waals surface area contributed by atoms with Crippen molar-refractivity contribution >= 4 is 0 Å². The quantitative estimate of drug-likeness (QED) is 0.742. The summed E-state index contributed by atoms with van der Waals surface area (Å²) in [5.74, 6) is 0.184. The van der Waals surface area contributed by atoms with Crippen molar-refractivity contribution in [3.63, 3.8) is 0 Å². The third kappa shape index (κ3) is 1.57. The van der Waals surface area contributed by atoms with Gasteiger partial charge in [0.1, 0.15) is 11.4 Å². The third-order valence-corrected chi connectivity index (χ3v) is 1.95. The van der Waals surface area contributed by atoms with Gasteiger partial charge in [-0.1, -0.05) is 0 Å². The maximum atomic E-state index is 9.60. The summed E-state index contributed by atoms with van der Waals surface area (Å²) in [6.45, 7) is 1.89. The molecular weight excluding hydrogens is 176 g/mol. The van der Waals surface area contributed by atoms with Gasteiger partial charge >= 0.3 is 0 Å². The first-order chi connectivity index (χ1) is 6.77. The van der Waals surface area contributed by atoms with Gasteiger partial charge in [0, 0.05) is 23.7 Å². The van der Waals surface area contributed by atoms with Gasteiger partial charge in [-0.3, -0.25) is 4.98 Å². The zero-order valence-corrected chi connectivity index (χ0v) is 7.81. The Balaban J connectivity index is 2.57. The smallest absolute Gasteiger partial charge is 0.141 e. The van der Waals surface area contributed by atoms with E-state index >= 15 is 0 Å². The van der Waals surface area contributed by atoms with E-state index in [4.69, 9.17) is 0 Å². The molecule has 0 aliphatic carbocycles. The van der Waals surface area contributed by atoms with Crippen LogP contribution in [0.25, 0.3) is 11.3 Å². The molecule has 2 rings (SSSR count). The molecule has 14 heavy (non-hydrogen) atoms. The summed E-state index contributed by atoms with van der Waals surface area (Å²) in [5.41, 5.74) is 2.29. The molecule has 0 spiro atoms. The fourth-order valence-corrected chi connectivity index (χ4v) is 1.26. The van der Waals surface area contributed by atoms with Crippen molar-refractivity contribution in [3.8, 4) is 17.0 Å². The predicted octanol–water partition coefficient (Wildman–Crippen LogP) is 2.16. The first-order valence-electron chi connectivity index (χ1n) is 4.34. The standard InChI is InChI=1S/C11H10N2O/c1-8-4-5-10(14)11(13-8)9-3-2-6-12-7-9/h2-7,14H,1H3. The second kappa shape index (κ2) is 3.46. The summed E-state index contributed by atoms with van der Waals surface area (Å²) >= 11 is 0. The lowest BCUT2D eigenvalue weighted by atomic mass is 10.1. The fraction of sp³-hybridized carbons (Fsp3) is 0.0909. The largest absolute Gasteiger partial charge is 0.506 e. The van der Waals surface area contributed by atoms with Gasteiger partial charge in [0.15, 0.2) is 0 Å². The number of pyridine rings is 2. The highest BCUT2D eigenvalue weighted by atomic mass is 16.3. The Hall–Kier alpha value is -1.90. The van der Waals surface area contributed by atoms with E-state index in [-0.39, 0.29) is 5.75 Å². The second-order valence-corrected chi connectivity index (χ2v) is 3.06. The van der Waals surface area contributed by atoms with Gasteiger partial charge in [-0.15, -0.1) is 0 Å². The Morgan fingerprint density at radius 3 is 2.79 bits per heavy atom. The SMILES string of the molecule is Cc1ccc(O)c(-c2cccnc2)n1. The molecular formula is C11H10N2O. The topological polar surface area (TPSA) is 46.0 Å². The number of hydrogen-bond donors (Lipinski definition) is 1. The predicted molar refractivity (Wildman–Crippen MR) is 53.9 cm³/mol. The molecule has 2 aromatic rings. The Labute approximate surface area is 82.1 Å². The number of aromatic hydroxyl groups is 1. The Bertz CT molecular complexity index is 440. The minimum atomic E-state index is 0.184. The van der Waals surface area contributed by atoms with Crippen molar-refractivity contribution in [3.05, 3.63) is 42.4 Å². The highest BCUT2D eigenvalue weighted by Gasteiger charge is 2.05. The number of rotatable bonds is 1. The fourth-order valence-electron chi connectivity index (χ4n) is 1.26. The minimum absolute atomic E-state index is 0.184. The molecule has 0 fully saturated rings. The summed E-state index contributed by atoms with van der Waals surface area (Å²) in [6.07, 6.45) is 3.37. The van der Waals surface area contributed by atoms with Crippen molar-refractivity contribution in [2.45, 2.75) is 6.92 Å². The van der Waals surface area contributed by atoms with E-state index in [0.29, 0.717) is 5.69 Å². The van der Waals surface area contributed by atoms with Crippen LogP contribution in [0.3, 0.4) is 0 Å². The van der Waals surface area contributed by atoms with E-state index in [1.54, 1.807) is 24.5 Å². The van der Waals surface area contributed by atoms with Crippen LogP contribution in [0.1, 0.15) is 5.69 Å². The zero-order chi connectivity index (χ0) is 9.97.